The highest BCUT2D eigenvalue weighted by Crippen LogP contribution is 2.48. The summed E-state index contributed by atoms with van der Waals surface area (Å²) < 4.78 is 7.13. The van der Waals surface area contributed by atoms with Crippen molar-refractivity contribution in [3.05, 3.63) is 11.9 Å². The third kappa shape index (κ3) is 1.94. The third-order valence-corrected chi connectivity index (χ3v) is 3.36. The van der Waals surface area contributed by atoms with Gasteiger partial charge in [0, 0.05) is 6.54 Å². The van der Waals surface area contributed by atoms with Crippen molar-refractivity contribution >= 4 is 0 Å². The maximum absolute atomic E-state index is 10.3. The molecule has 0 spiro atoms. The maximum Gasteiger partial charge on any atom is 0.162 e. The lowest BCUT2D eigenvalue weighted by molar-refractivity contribution is 0.133. The molecule has 0 saturated heterocycles. The van der Waals surface area contributed by atoms with E-state index >= 15 is 0 Å². The van der Waals surface area contributed by atoms with E-state index in [1.165, 1.54) is 0 Å². The van der Waals surface area contributed by atoms with Gasteiger partial charge in [0.15, 0.2) is 5.75 Å². The summed E-state index contributed by atoms with van der Waals surface area (Å²) in [5, 5.41) is 14.6. The molecule has 4 heteroatoms. The fraction of sp³-hybridized carbons (Fsp3) is 0.750. The molecule has 0 aromatic carbocycles. The Morgan fingerprint density at radius 2 is 2.38 bits per heavy atom. The molecule has 0 bridgehead atoms. The Morgan fingerprint density at radius 3 is 2.88 bits per heavy atom. The van der Waals surface area contributed by atoms with Crippen molar-refractivity contribution in [1.29, 1.82) is 0 Å². The van der Waals surface area contributed by atoms with Crippen molar-refractivity contribution in [2.24, 2.45) is 11.8 Å². The third-order valence-electron chi connectivity index (χ3n) is 3.36. The van der Waals surface area contributed by atoms with E-state index in [0.717, 1.165) is 25.1 Å². The number of nitrogens with zero attached hydrogens (tertiary/aromatic N) is 2. The van der Waals surface area contributed by atoms with Crippen LogP contribution in [0.5, 0.6) is 5.75 Å². The van der Waals surface area contributed by atoms with E-state index < -0.39 is 6.10 Å². The lowest BCUT2D eigenvalue weighted by atomic mass is 10.1. The zero-order chi connectivity index (χ0) is 11.7. The number of rotatable bonds is 5. The van der Waals surface area contributed by atoms with E-state index in [2.05, 4.69) is 18.9 Å². The normalized spacial score (nSPS) is 25.5. The van der Waals surface area contributed by atoms with Crippen molar-refractivity contribution < 1.29 is 9.84 Å². The molecular formula is C12H20N2O2. The van der Waals surface area contributed by atoms with Gasteiger partial charge in [0.25, 0.3) is 0 Å². The molecule has 3 unspecified atom stereocenters. The van der Waals surface area contributed by atoms with Gasteiger partial charge >= 0.3 is 0 Å². The first kappa shape index (κ1) is 11.5. The molecular weight excluding hydrogens is 204 g/mol. The van der Waals surface area contributed by atoms with Crippen LogP contribution in [-0.4, -0.2) is 22.0 Å². The van der Waals surface area contributed by atoms with E-state index in [1.807, 2.05) is 4.68 Å². The Hall–Kier alpha value is -1.03. The number of hydrogen-bond acceptors (Lipinski definition) is 3. The van der Waals surface area contributed by atoms with E-state index in [9.17, 15) is 5.11 Å². The van der Waals surface area contributed by atoms with Crippen molar-refractivity contribution in [3.63, 3.8) is 0 Å². The quantitative estimate of drug-likeness (QED) is 0.832. The van der Waals surface area contributed by atoms with Gasteiger partial charge < -0.3 is 9.84 Å². The molecule has 0 radical (unpaired) electrons. The highest BCUT2D eigenvalue weighted by Gasteiger charge is 2.41. The van der Waals surface area contributed by atoms with Crippen LogP contribution in [0.4, 0.5) is 0 Å². The summed E-state index contributed by atoms with van der Waals surface area (Å²) in [5.74, 6) is 1.70. The molecule has 1 aromatic heterocycles. The predicted molar refractivity (Wildman–Crippen MR) is 61.3 cm³/mol. The van der Waals surface area contributed by atoms with Crippen molar-refractivity contribution in [3.8, 4) is 5.75 Å². The van der Waals surface area contributed by atoms with Crippen LogP contribution in [0.25, 0.3) is 0 Å². The lowest BCUT2D eigenvalue weighted by Crippen LogP contribution is -2.12. The van der Waals surface area contributed by atoms with Crippen LogP contribution in [0.15, 0.2) is 6.20 Å². The van der Waals surface area contributed by atoms with Gasteiger partial charge in [-0.15, -0.1) is 0 Å². The maximum atomic E-state index is 10.3. The zero-order valence-corrected chi connectivity index (χ0v) is 10.2. The Labute approximate surface area is 96.2 Å². The Morgan fingerprint density at radius 1 is 1.69 bits per heavy atom. The molecule has 90 valence electrons. The molecule has 1 aliphatic rings. The zero-order valence-electron chi connectivity index (χ0n) is 10.2. The fourth-order valence-corrected chi connectivity index (χ4v) is 2.22. The van der Waals surface area contributed by atoms with Gasteiger partial charge in [-0.1, -0.05) is 13.8 Å². The minimum Gasteiger partial charge on any atom is -0.493 e. The first-order valence-electron chi connectivity index (χ1n) is 5.96. The van der Waals surface area contributed by atoms with Gasteiger partial charge in [-0.25, -0.2) is 0 Å². The molecule has 1 saturated carbocycles. The van der Waals surface area contributed by atoms with Crippen LogP contribution >= 0.6 is 0 Å². The van der Waals surface area contributed by atoms with Crippen LogP contribution in [0.1, 0.15) is 38.5 Å². The number of methoxy groups -OCH3 is 1. The number of aliphatic hydroxyl groups is 1. The molecule has 1 heterocycles. The van der Waals surface area contributed by atoms with Gasteiger partial charge in [-0.3, -0.25) is 4.68 Å². The van der Waals surface area contributed by atoms with Crippen molar-refractivity contribution in [2.75, 3.05) is 7.11 Å². The Kier molecular flexibility index (Phi) is 3.19. The molecule has 16 heavy (non-hydrogen) atoms. The minimum atomic E-state index is -0.431. The monoisotopic (exact) mass is 224 g/mol. The average molecular weight is 224 g/mol. The van der Waals surface area contributed by atoms with Crippen LogP contribution in [0.3, 0.4) is 0 Å². The first-order chi connectivity index (χ1) is 7.69. The second-order valence-corrected chi connectivity index (χ2v) is 4.64. The smallest absolute Gasteiger partial charge is 0.162 e. The molecule has 3 atom stereocenters. The molecule has 1 aliphatic carbocycles. The summed E-state index contributed by atoms with van der Waals surface area (Å²) in [7, 11) is 1.62. The first-order valence-corrected chi connectivity index (χ1v) is 5.96. The second kappa shape index (κ2) is 4.45. The van der Waals surface area contributed by atoms with Gasteiger partial charge in [0.2, 0.25) is 0 Å². The van der Waals surface area contributed by atoms with E-state index in [4.69, 9.17) is 4.74 Å². The number of hydrogen-bond donors (Lipinski definition) is 1. The fourth-order valence-electron chi connectivity index (χ4n) is 2.22. The SMILES string of the molecule is CCCn1ncc(OC)c1C(O)C1CC1C. The summed E-state index contributed by atoms with van der Waals surface area (Å²) in [6, 6.07) is 0. The summed E-state index contributed by atoms with van der Waals surface area (Å²) in [6.07, 6.45) is 3.37. The van der Waals surface area contributed by atoms with Gasteiger partial charge in [-0.2, -0.15) is 5.10 Å². The van der Waals surface area contributed by atoms with E-state index in [0.29, 0.717) is 17.6 Å². The topological polar surface area (TPSA) is 47.3 Å². The summed E-state index contributed by atoms with van der Waals surface area (Å²) in [6.45, 7) is 5.10. The van der Waals surface area contributed by atoms with E-state index in [1.54, 1.807) is 13.3 Å². The van der Waals surface area contributed by atoms with Gasteiger partial charge in [0.1, 0.15) is 11.8 Å². The van der Waals surface area contributed by atoms with E-state index in [-0.39, 0.29) is 0 Å². The average Bonchev–Trinajstić information content (AvgIpc) is 2.86. The number of aliphatic hydroxyl groups excluding tert-OH is 1. The van der Waals surface area contributed by atoms with Crippen LogP contribution in [0.2, 0.25) is 0 Å². The largest absolute Gasteiger partial charge is 0.493 e. The molecule has 0 aliphatic heterocycles. The molecule has 4 nitrogen and oxygen atoms in total. The van der Waals surface area contributed by atoms with Crippen LogP contribution in [-0.2, 0) is 6.54 Å². The van der Waals surface area contributed by atoms with Crippen molar-refractivity contribution in [1.82, 2.24) is 9.78 Å². The molecule has 0 amide bonds. The van der Waals surface area contributed by atoms with Crippen LogP contribution < -0.4 is 4.74 Å². The van der Waals surface area contributed by atoms with Crippen molar-refractivity contribution in [2.45, 2.75) is 39.3 Å². The predicted octanol–water partition coefficient (Wildman–Crippen LogP) is 1.99. The molecule has 1 N–H and O–H groups in total. The highest BCUT2D eigenvalue weighted by atomic mass is 16.5. The number of ether oxygens (including phenoxy) is 1. The van der Waals surface area contributed by atoms with Crippen LogP contribution in [0, 0.1) is 11.8 Å². The molecule has 1 aromatic rings. The van der Waals surface area contributed by atoms with Gasteiger partial charge in [0.05, 0.1) is 13.3 Å². The minimum absolute atomic E-state index is 0.376. The molecule has 2 rings (SSSR count). The standard InChI is InChI=1S/C12H20N2O2/c1-4-5-14-11(10(16-3)7-13-14)12(15)9-6-8(9)2/h7-9,12,15H,4-6H2,1-3H3. The highest BCUT2D eigenvalue weighted by molar-refractivity contribution is 5.28. The number of aryl methyl sites for hydroxylation is 1. The molecule has 1 fully saturated rings. The summed E-state index contributed by atoms with van der Waals surface area (Å²) >= 11 is 0. The second-order valence-electron chi connectivity index (χ2n) is 4.64. The lowest BCUT2D eigenvalue weighted by Gasteiger charge is -2.14. The summed E-state index contributed by atoms with van der Waals surface area (Å²) in [4.78, 5) is 0. The summed E-state index contributed by atoms with van der Waals surface area (Å²) in [5.41, 5.74) is 0.846. The Bertz CT molecular complexity index is 362. The Balaban J connectivity index is 2.24. The number of aromatic nitrogens is 2. The van der Waals surface area contributed by atoms with Gasteiger partial charge in [-0.05, 0) is 24.7 Å².